The maximum absolute atomic E-state index is 13.2. The molecule has 0 radical (unpaired) electrons. The average molecular weight is 496 g/mol. The maximum atomic E-state index is 13.2. The summed E-state index contributed by atoms with van der Waals surface area (Å²) in [4.78, 5) is 13.2. The fourth-order valence-corrected chi connectivity index (χ4v) is 4.63. The molecular formula is C24H25N5O5S. The van der Waals surface area contributed by atoms with Crippen molar-refractivity contribution in [3.05, 3.63) is 52.5 Å². The predicted octanol–water partition coefficient (Wildman–Crippen LogP) is 2.38. The first-order valence-corrected chi connectivity index (χ1v) is 11.9. The minimum Gasteiger partial charge on any atom is -0.496 e. The van der Waals surface area contributed by atoms with Crippen LogP contribution in [0.15, 0.2) is 41.2 Å². The van der Waals surface area contributed by atoms with Gasteiger partial charge in [-0.25, -0.2) is 4.68 Å². The third-order valence-corrected chi connectivity index (χ3v) is 6.65. The zero-order chi connectivity index (χ0) is 24.7. The van der Waals surface area contributed by atoms with E-state index in [2.05, 4.69) is 15.5 Å². The zero-order valence-corrected chi connectivity index (χ0v) is 20.3. The van der Waals surface area contributed by atoms with Crippen LogP contribution in [0.3, 0.4) is 0 Å². The average Bonchev–Trinajstić information content (AvgIpc) is 3.62. The van der Waals surface area contributed by atoms with E-state index in [1.165, 1.54) is 11.3 Å². The van der Waals surface area contributed by atoms with Crippen molar-refractivity contribution >= 4 is 17.2 Å². The quantitative estimate of drug-likeness (QED) is 0.360. The summed E-state index contributed by atoms with van der Waals surface area (Å²) in [7, 11) is 3.44. The Balaban J connectivity index is 1.70. The number of hydrogen-bond donors (Lipinski definition) is 3. The number of aliphatic hydroxyl groups is 2. The van der Waals surface area contributed by atoms with Crippen LogP contribution in [-0.4, -0.2) is 61.5 Å². The van der Waals surface area contributed by atoms with Gasteiger partial charge in [-0.3, -0.25) is 9.48 Å². The Kier molecular flexibility index (Phi) is 5.83. The van der Waals surface area contributed by atoms with E-state index in [9.17, 15) is 15.0 Å². The Bertz CT molecular complexity index is 1390. The number of nitrogens with zero attached hydrogens (tertiary/aromatic N) is 4. The van der Waals surface area contributed by atoms with Gasteiger partial charge in [-0.05, 0) is 30.5 Å². The number of nitrogens with one attached hydrogen (secondary N) is 1. The van der Waals surface area contributed by atoms with E-state index in [1.807, 2.05) is 48.3 Å². The molecule has 3 N–H and O–H groups in total. The number of amides is 1. The normalized spacial score (nSPS) is 12.6. The highest BCUT2D eigenvalue weighted by Gasteiger charge is 2.34. The summed E-state index contributed by atoms with van der Waals surface area (Å²) in [6.45, 7) is 0.838. The molecule has 0 spiro atoms. The van der Waals surface area contributed by atoms with Gasteiger partial charge in [0.1, 0.15) is 18.1 Å². The molecule has 0 saturated heterocycles. The van der Waals surface area contributed by atoms with Crippen molar-refractivity contribution in [3.63, 3.8) is 0 Å². The molecular weight excluding hydrogens is 470 g/mol. The molecule has 10 nitrogen and oxygen atoms in total. The molecule has 0 atom stereocenters. The number of methoxy groups -OCH3 is 1. The molecule has 0 saturated carbocycles. The second kappa shape index (κ2) is 8.84. The molecule has 1 aliphatic heterocycles. The molecule has 11 heteroatoms. The SMILES string of the molecule is COc1cc2c(cc1-c1ccn(C)n1)-c1c(c(C(=O)NC(C)(CO)CO)nn1-c1ccsc1)CO2. The number of benzene rings is 1. The number of fused-ring (bicyclic) bond motifs is 3. The fraction of sp³-hybridized carbons (Fsp3) is 0.292. The smallest absolute Gasteiger partial charge is 0.272 e. The second-order valence-corrected chi connectivity index (χ2v) is 9.39. The number of aromatic nitrogens is 4. The van der Waals surface area contributed by atoms with E-state index in [4.69, 9.17) is 9.47 Å². The van der Waals surface area contributed by atoms with Gasteiger partial charge in [-0.1, -0.05) is 0 Å². The van der Waals surface area contributed by atoms with E-state index >= 15 is 0 Å². The van der Waals surface area contributed by atoms with Gasteiger partial charge in [0, 0.05) is 41.4 Å². The predicted molar refractivity (Wildman–Crippen MR) is 130 cm³/mol. The number of hydrogen-bond acceptors (Lipinski definition) is 8. The highest BCUT2D eigenvalue weighted by atomic mass is 32.1. The number of rotatable bonds is 7. The lowest BCUT2D eigenvalue weighted by atomic mass is 9.97. The van der Waals surface area contributed by atoms with Gasteiger partial charge < -0.3 is 25.0 Å². The summed E-state index contributed by atoms with van der Waals surface area (Å²) in [6.07, 6.45) is 1.85. The molecule has 3 aromatic heterocycles. The molecule has 182 valence electrons. The van der Waals surface area contributed by atoms with E-state index in [-0.39, 0.29) is 12.3 Å². The third-order valence-electron chi connectivity index (χ3n) is 5.98. The van der Waals surface area contributed by atoms with Crippen LogP contribution < -0.4 is 14.8 Å². The van der Waals surface area contributed by atoms with Crippen molar-refractivity contribution in [1.82, 2.24) is 24.9 Å². The summed E-state index contributed by atoms with van der Waals surface area (Å²) >= 11 is 1.52. The molecule has 0 fully saturated rings. The van der Waals surface area contributed by atoms with Gasteiger partial charge in [0.25, 0.3) is 5.91 Å². The van der Waals surface area contributed by atoms with Gasteiger partial charge in [-0.2, -0.15) is 21.5 Å². The summed E-state index contributed by atoms with van der Waals surface area (Å²) in [5, 5.41) is 35.1. The van der Waals surface area contributed by atoms with Crippen molar-refractivity contribution in [3.8, 4) is 39.7 Å². The molecule has 5 rings (SSSR count). The minimum atomic E-state index is -1.19. The highest BCUT2D eigenvalue weighted by Crippen LogP contribution is 2.45. The van der Waals surface area contributed by atoms with Crippen LogP contribution in [0.4, 0.5) is 0 Å². The third kappa shape index (κ3) is 3.97. The first kappa shape index (κ1) is 23.1. The molecule has 1 amide bonds. The topological polar surface area (TPSA) is 124 Å². The van der Waals surface area contributed by atoms with Gasteiger partial charge in [0.2, 0.25) is 0 Å². The number of carbonyl (C=O) groups is 1. The monoisotopic (exact) mass is 495 g/mol. The molecule has 0 bridgehead atoms. The molecule has 4 aromatic rings. The molecule has 0 unspecified atom stereocenters. The van der Waals surface area contributed by atoms with Crippen molar-refractivity contribution in [1.29, 1.82) is 0 Å². The highest BCUT2D eigenvalue weighted by molar-refractivity contribution is 7.08. The second-order valence-electron chi connectivity index (χ2n) is 8.61. The van der Waals surface area contributed by atoms with Gasteiger partial charge in [-0.15, -0.1) is 0 Å². The standard InChI is InChI=1S/C24H25N5O5S/c1-24(12-30,13-31)25-23(32)21-17-10-34-20-9-19(33-3)15(18-4-6-28(2)26-18)8-16(20)22(17)29(27-21)14-5-7-35-11-14/h4-9,11,30-31H,10,12-13H2,1-3H3,(H,25,32). The molecule has 35 heavy (non-hydrogen) atoms. The Hall–Kier alpha value is -3.67. The van der Waals surface area contributed by atoms with Crippen molar-refractivity contribution < 1.29 is 24.5 Å². The molecule has 1 aromatic carbocycles. The van der Waals surface area contributed by atoms with Gasteiger partial charge >= 0.3 is 0 Å². The Morgan fingerprint density at radius 1 is 1.26 bits per heavy atom. The molecule has 4 heterocycles. The first-order chi connectivity index (χ1) is 16.9. The van der Waals surface area contributed by atoms with Crippen LogP contribution in [0.5, 0.6) is 11.5 Å². The Morgan fingerprint density at radius 2 is 2.06 bits per heavy atom. The fourth-order valence-electron chi connectivity index (χ4n) is 4.02. The number of ether oxygens (including phenoxy) is 2. The van der Waals surface area contributed by atoms with Gasteiger partial charge in [0.05, 0.1) is 42.9 Å². The summed E-state index contributed by atoms with van der Waals surface area (Å²) in [5.74, 6) is 0.714. The lowest BCUT2D eigenvalue weighted by Crippen LogP contribution is -2.52. The van der Waals surface area contributed by atoms with Crippen molar-refractivity contribution in [2.45, 2.75) is 19.1 Å². The van der Waals surface area contributed by atoms with E-state index < -0.39 is 24.7 Å². The largest absolute Gasteiger partial charge is 0.496 e. The lowest BCUT2D eigenvalue weighted by molar-refractivity contribution is 0.0717. The van der Waals surface area contributed by atoms with Crippen LogP contribution in [-0.2, 0) is 13.7 Å². The Labute approximate surface area is 205 Å². The minimum absolute atomic E-state index is 0.121. The van der Waals surface area contributed by atoms with E-state index in [0.717, 1.165) is 28.2 Å². The number of aryl methyl sites for hydroxylation is 1. The number of carbonyl (C=O) groups excluding carboxylic acids is 1. The maximum Gasteiger partial charge on any atom is 0.272 e. The van der Waals surface area contributed by atoms with Gasteiger partial charge in [0.15, 0.2) is 5.69 Å². The van der Waals surface area contributed by atoms with Crippen LogP contribution in [0.25, 0.3) is 28.2 Å². The molecule has 0 aliphatic carbocycles. The first-order valence-electron chi connectivity index (χ1n) is 10.9. The summed E-state index contributed by atoms with van der Waals surface area (Å²) in [5.41, 5.74) is 3.38. The Morgan fingerprint density at radius 3 is 2.69 bits per heavy atom. The lowest BCUT2D eigenvalue weighted by Gasteiger charge is -2.26. The number of aliphatic hydroxyl groups excluding tert-OH is 2. The summed E-state index contributed by atoms with van der Waals surface area (Å²) < 4.78 is 15.1. The van der Waals surface area contributed by atoms with Crippen LogP contribution >= 0.6 is 11.3 Å². The van der Waals surface area contributed by atoms with Crippen LogP contribution in [0, 0.1) is 0 Å². The van der Waals surface area contributed by atoms with Crippen molar-refractivity contribution in [2.75, 3.05) is 20.3 Å². The molecule has 1 aliphatic rings. The van der Waals surface area contributed by atoms with Crippen LogP contribution in [0.1, 0.15) is 23.0 Å². The van der Waals surface area contributed by atoms with Crippen molar-refractivity contribution in [2.24, 2.45) is 7.05 Å². The van der Waals surface area contributed by atoms with Crippen LogP contribution in [0.2, 0.25) is 0 Å². The van der Waals surface area contributed by atoms with E-state index in [1.54, 1.807) is 23.4 Å². The zero-order valence-electron chi connectivity index (χ0n) is 19.5. The number of thiophene rings is 1. The summed E-state index contributed by atoms with van der Waals surface area (Å²) in [6, 6.07) is 7.58. The van der Waals surface area contributed by atoms with E-state index in [0.29, 0.717) is 17.1 Å².